The predicted octanol–water partition coefficient (Wildman–Crippen LogP) is 4.13. The van der Waals surface area contributed by atoms with Gasteiger partial charge in [0, 0.05) is 6.04 Å². The molecule has 0 aliphatic heterocycles. The van der Waals surface area contributed by atoms with E-state index in [-0.39, 0.29) is 0 Å². The maximum Gasteiger partial charge on any atom is 0.0382 e. The molecule has 0 amide bonds. The maximum absolute atomic E-state index is 6.39. The summed E-state index contributed by atoms with van der Waals surface area (Å²) in [7, 11) is 0. The highest BCUT2D eigenvalue weighted by Crippen LogP contribution is 2.43. The van der Waals surface area contributed by atoms with Crippen LogP contribution >= 0.6 is 6.04 Å². The molecule has 0 N–H and O–H groups in total. The van der Waals surface area contributed by atoms with Crippen LogP contribution in [0, 0.1) is 13.8 Å². The zero-order valence-corrected chi connectivity index (χ0v) is 15.0. The lowest BCUT2D eigenvalue weighted by Crippen LogP contribution is -2.27. The number of hydrogen-bond donors (Lipinski definition) is 0. The molecular weight excluding hydrogens is 315 g/mol. The van der Waals surface area contributed by atoms with Crippen LogP contribution in [0.15, 0.2) is 78.9 Å². The van der Waals surface area contributed by atoms with Gasteiger partial charge in [0.1, 0.15) is 0 Å². The van der Waals surface area contributed by atoms with Gasteiger partial charge in [0.15, 0.2) is 0 Å². The van der Waals surface area contributed by atoms with Crippen molar-refractivity contribution in [2.24, 2.45) is 0 Å². The Hall–Kier alpha value is -1.69. The third-order valence-corrected chi connectivity index (χ3v) is 9.33. The molecule has 0 atom stereocenters. The molecule has 0 saturated heterocycles. The van der Waals surface area contributed by atoms with Gasteiger partial charge in [-0.05, 0) is 47.3 Å². The number of hydrogen-bond acceptors (Lipinski definition) is 1. The Morgan fingerprint density at radius 2 is 1.30 bits per heavy atom. The Bertz CT molecular complexity index is 795. The standard InChI is InChI=1S/C21H20PS/c1-3-18-11-10-16-21(17(18)2)22(23,19-12-6-4-7-13-19)20-14-8-5-9-15-20/h4-16H,1,3H2,2H3. The van der Waals surface area contributed by atoms with E-state index < -0.39 is 6.04 Å². The first-order valence-electron chi connectivity index (χ1n) is 7.77. The van der Waals surface area contributed by atoms with E-state index in [0.717, 1.165) is 6.42 Å². The molecule has 23 heavy (non-hydrogen) atoms. The minimum Gasteiger partial charge on any atom is -0.0826 e. The minimum atomic E-state index is -2.05. The van der Waals surface area contributed by atoms with Crippen LogP contribution in [0.2, 0.25) is 0 Å². The Kier molecular flexibility index (Phi) is 4.80. The fraction of sp³-hybridized carbons (Fsp3) is 0.0952. The van der Waals surface area contributed by atoms with Crippen molar-refractivity contribution in [2.75, 3.05) is 0 Å². The summed E-state index contributed by atoms with van der Waals surface area (Å²) in [6, 6.07) is 25.5. The predicted molar refractivity (Wildman–Crippen MR) is 106 cm³/mol. The lowest BCUT2D eigenvalue weighted by molar-refractivity contribution is 1.23. The van der Waals surface area contributed by atoms with Gasteiger partial charge in [-0.1, -0.05) is 90.7 Å². The van der Waals surface area contributed by atoms with Gasteiger partial charge in [-0.3, -0.25) is 0 Å². The van der Waals surface area contributed by atoms with Crippen LogP contribution in [0.25, 0.3) is 0 Å². The highest BCUT2D eigenvalue weighted by Gasteiger charge is 2.26. The Labute approximate surface area is 144 Å². The summed E-state index contributed by atoms with van der Waals surface area (Å²) in [6.07, 6.45) is 0.790. The Balaban J connectivity index is 2.33. The van der Waals surface area contributed by atoms with Crippen LogP contribution in [0.1, 0.15) is 11.1 Å². The van der Waals surface area contributed by atoms with Crippen molar-refractivity contribution in [3.05, 3.63) is 96.9 Å². The average molecular weight is 335 g/mol. The quantitative estimate of drug-likeness (QED) is 0.646. The fourth-order valence-corrected chi connectivity index (χ4v) is 7.26. The van der Waals surface area contributed by atoms with Crippen molar-refractivity contribution in [1.82, 2.24) is 0 Å². The highest BCUT2D eigenvalue weighted by molar-refractivity contribution is 8.25. The summed E-state index contributed by atoms with van der Waals surface area (Å²) in [6.45, 7) is 6.25. The van der Waals surface area contributed by atoms with Crippen molar-refractivity contribution >= 4 is 33.8 Å². The van der Waals surface area contributed by atoms with E-state index in [0.29, 0.717) is 0 Å². The first-order chi connectivity index (χ1) is 11.2. The molecule has 0 aromatic heterocycles. The van der Waals surface area contributed by atoms with Crippen LogP contribution < -0.4 is 15.9 Å². The largest absolute Gasteiger partial charge is 0.0826 e. The molecule has 3 aromatic carbocycles. The van der Waals surface area contributed by atoms with Gasteiger partial charge in [-0.15, -0.1) is 0 Å². The van der Waals surface area contributed by atoms with Crippen molar-refractivity contribution in [3.63, 3.8) is 0 Å². The van der Waals surface area contributed by atoms with Gasteiger partial charge in [-0.2, -0.15) is 0 Å². The lowest BCUT2D eigenvalue weighted by atomic mass is 10.1. The molecular formula is C21H20PS. The summed E-state index contributed by atoms with van der Waals surface area (Å²) >= 11 is 6.39. The molecule has 115 valence electrons. The molecule has 0 aliphatic carbocycles. The minimum absolute atomic E-state index is 0.790. The van der Waals surface area contributed by atoms with Crippen molar-refractivity contribution < 1.29 is 0 Å². The van der Waals surface area contributed by atoms with Gasteiger partial charge < -0.3 is 0 Å². The second kappa shape index (κ2) is 6.83. The zero-order chi connectivity index (χ0) is 16.3. The van der Waals surface area contributed by atoms with Crippen LogP contribution in [0.5, 0.6) is 0 Å². The molecule has 3 rings (SSSR count). The molecule has 0 saturated carbocycles. The maximum atomic E-state index is 6.39. The van der Waals surface area contributed by atoms with Gasteiger partial charge >= 0.3 is 0 Å². The monoisotopic (exact) mass is 335 g/mol. The molecule has 2 heteroatoms. The van der Waals surface area contributed by atoms with E-state index in [2.05, 4.69) is 80.6 Å². The molecule has 0 nitrogen and oxygen atoms in total. The van der Waals surface area contributed by atoms with Gasteiger partial charge in [0.05, 0.1) is 0 Å². The van der Waals surface area contributed by atoms with Gasteiger partial charge in [0.2, 0.25) is 0 Å². The molecule has 0 aliphatic rings. The smallest absolute Gasteiger partial charge is 0.0382 e. The molecule has 0 bridgehead atoms. The van der Waals surface area contributed by atoms with Crippen molar-refractivity contribution in [2.45, 2.75) is 13.3 Å². The Morgan fingerprint density at radius 3 is 1.78 bits per heavy atom. The van der Waals surface area contributed by atoms with Gasteiger partial charge in [-0.25, -0.2) is 0 Å². The number of rotatable bonds is 4. The highest BCUT2D eigenvalue weighted by atomic mass is 32.4. The second-order valence-electron chi connectivity index (χ2n) is 5.59. The van der Waals surface area contributed by atoms with E-state index in [4.69, 9.17) is 11.8 Å². The van der Waals surface area contributed by atoms with Crippen LogP contribution in [0.4, 0.5) is 0 Å². The normalized spacial score (nSPS) is 11.4. The summed E-state index contributed by atoms with van der Waals surface area (Å²) in [5, 5.41) is 3.77. The second-order valence-corrected chi connectivity index (χ2v) is 9.97. The average Bonchev–Trinajstić information content (AvgIpc) is 2.63. The van der Waals surface area contributed by atoms with E-state index >= 15 is 0 Å². The molecule has 1 radical (unpaired) electrons. The molecule has 0 heterocycles. The van der Waals surface area contributed by atoms with Crippen molar-refractivity contribution in [1.29, 1.82) is 0 Å². The third kappa shape index (κ3) is 2.92. The van der Waals surface area contributed by atoms with Gasteiger partial charge in [0.25, 0.3) is 0 Å². The van der Waals surface area contributed by atoms with E-state index in [1.165, 1.54) is 27.0 Å². The van der Waals surface area contributed by atoms with E-state index in [1.807, 2.05) is 12.1 Å². The first kappa shape index (κ1) is 16.2. The molecule has 3 aromatic rings. The molecule has 0 spiro atoms. The van der Waals surface area contributed by atoms with Crippen LogP contribution in [-0.2, 0) is 18.2 Å². The molecule has 0 unspecified atom stereocenters. The SMILES string of the molecule is [CH2]Cc1cccc(P(=S)(c2ccccc2)c2ccccc2)c1C. The first-order valence-corrected chi connectivity index (χ1v) is 10.6. The number of benzene rings is 3. The molecule has 0 fully saturated rings. The fourth-order valence-electron chi connectivity index (χ4n) is 2.98. The zero-order valence-electron chi connectivity index (χ0n) is 13.3. The van der Waals surface area contributed by atoms with E-state index in [1.54, 1.807) is 0 Å². The Morgan fingerprint density at radius 1 is 0.783 bits per heavy atom. The topological polar surface area (TPSA) is 0 Å². The van der Waals surface area contributed by atoms with Crippen LogP contribution in [0.3, 0.4) is 0 Å². The van der Waals surface area contributed by atoms with Crippen molar-refractivity contribution in [3.8, 4) is 0 Å². The summed E-state index contributed by atoms with van der Waals surface area (Å²) in [5.74, 6) is 0. The van der Waals surface area contributed by atoms with Crippen LogP contribution in [-0.4, -0.2) is 0 Å². The summed E-state index contributed by atoms with van der Waals surface area (Å²) < 4.78 is 0. The lowest BCUT2D eigenvalue weighted by Gasteiger charge is -2.26. The summed E-state index contributed by atoms with van der Waals surface area (Å²) in [4.78, 5) is 0. The van der Waals surface area contributed by atoms with E-state index in [9.17, 15) is 0 Å². The third-order valence-electron chi connectivity index (χ3n) is 4.27. The summed E-state index contributed by atoms with van der Waals surface area (Å²) in [5.41, 5.74) is 2.57.